The Morgan fingerprint density at radius 2 is 1.38 bits per heavy atom. The van der Waals surface area contributed by atoms with Crippen molar-refractivity contribution in [1.82, 2.24) is 9.80 Å². The van der Waals surface area contributed by atoms with Gasteiger partial charge in [0.05, 0.1) is 0 Å². The maximum atomic E-state index is 2.68. The molecule has 16 heavy (non-hydrogen) atoms. The molecule has 2 aliphatic rings. The van der Waals surface area contributed by atoms with E-state index < -0.39 is 0 Å². The van der Waals surface area contributed by atoms with Crippen LogP contribution < -0.4 is 0 Å². The van der Waals surface area contributed by atoms with Crippen molar-refractivity contribution in [3.63, 3.8) is 0 Å². The lowest BCUT2D eigenvalue weighted by Gasteiger charge is -2.34. The second-order valence-corrected chi connectivity index (χ2v) is 5.60. The summed E-state index contributed by atoms with van der Waals surface area (Å²) in [5, 5.41) is 0. The van der Waals surface area contributed by atoms with Gasteiger partial charge in [0.15, 0.2) is 0 Å². The van der Waals surface area contributed by atoms with Crippen molar-refractivity contribution in [1.29, 1.82) is 0 Å². The van der Waals surface area contributed by atoms with Crippen LogP contribution in [0.5, 0.6) is 0 Å². The van der Waals surface area contributed by atoms with E-state index in [-0.39, 0.29) is 0 Å². The minimum atomic E-state index is 1.02. The molecule has 0 amide bonds. The minimum absolute atomic E-state index is 1.02. The maximum Gasteiger partial charge on any atom is 0.0109 e. The van der Waals surface area contributed by atoms with E-state index in [0.29, 0.717) is 0 Å². The molecular weight excluding hydrogens is 196 g/mol. The lowest BCUT2D eigenvalue weighted by Crippen LogP contribution is -2.41. The standard InChI is InChI=1S/C14H28N2/c1-2-14-6-10-16(11-7-14)13-12-15-8-4-3-5-9-15/h14H,2-13H2,1H3. The van der Waals surface area contributed by atoms with Gasteiger partial charge in [-0.2, -0.15) is 0 Å². The number of piperidine rings is 2. The zero-order valence-corrected chi connectivity index (χ0v) is 11.0. The topological polar surface area (TPSA) is 6.48 Å². The molecule has 94 valence electrons. The van der Waals surface area contributed by atoms with Crippen molar-refractivity contribution in [3.8, 4) is 0 Å². The second-order valence-electron chi connectivity index (χ2n) is 5.60. The van der Waals surface area contributed by atoms with Crippen LogP contribution in [0.25, 0.3) is 0 Å². The predicted octanol–water partition coefficient (Wildman–Crippen LogP) is 2.59. The Morgan fingerprint density at radius 1 is 0.812 bits per heavy atom. The van der Waals surface area contributed by atoms with Crippen molar-refractivity contribution in [2.45, 2.75) is 45.4 Å². The Labute approximate surface area is 101 Å². The highest BCUT2D eigenvalue weighted by atomic mass is 15.2. The first-order chi connectivity index (χ1) is 7.88. The Kier molecular flexibility index (Phi) is 5.11. The number of nitrogens with zero attached hydrogens (tertiary/aromatic N) is 2. The summed E-state index contributed by atoms with van der Waals surface area (Å²) in [7, 11) is 0. The third kappa shape index (κ3) is 3.74. The smallest absolute Gasteiger partial charge is 0.0109 e. The molecule has 0 aromatic carbocycles. The van der Waals surface area contributed by atoms with Gasteiger partial charge >= 0.3 is 0 Å². The maximum absolute atomic E-state index is 2.68. The number of rotatable bonds is 4. The summed E-state index contributed by atoms with van der Waals surface area (Å²) < 4.78 is 0. The predicted molar refractivity (Wildman–Crippen MR) is 69.7 cm³/mol. The van der Waals surface area contributed by atoms with Gasteiger partial charge in [-0.1, -0.05) is 19.8 Å². The number of hydrogen-bond acceptors (Lipinski definition) is 2. The molecule has 0 N–H and O–H groups in total. The van der Waals surface area contributed by atoms with Crippen molar-refractivity contribution in [2.24, 2.45) is 5.92 Å². The second kappa shape index (κ2) is 6.61. The van der Waals surface area contributed by atoms with Crippen molar-refractivity contribution < 1.29 is 0 Å². The van der Waals surface area contributed by atoms with E-state index in [0.717, 1.165) is 5.92 Å². The van der Waals surface area contributed by atoms with E-state index in [1.165, 1.54) is 77.8 Å². The van der Waals surface area contributed by atoms with Gasteiger partial charge in [-0.05, 0) is 57.8 Å². The zero-order chi connectivity index (χ0) is 11.2. The largest absolute Gasteiger partial charge is 0.302 e. The van der Waals surface area contributed by atoms with Crippen LogP contribution >= 0.6 is 0 Å². The lowest BCUT2D eigenvalue weighted by atomic mass is 9.94. The van der Waals surface area contributed by atoms with Crippen LogP contribution in [0.3, 0.4) is 0 Å². The third-order valence-corrected chi connectivity index (χ3v) is 4.47. The van der Waals surface area contributed by atoms with E-state index in [1.54, 1.807) is 0 Å². The quantitative estimate of drug-likeness (QED) is 0.724. The first-order valence-electron chi connectivity index (χ1n) is 7.33. The van der Waals surface area contributed by atoms with E-state index in [2.05, 4.69) is 16.7 Å². The normalized spacial score (nSPS) is 26.1. The van der Waals surface area contributed by atoms with Gasteiger partial charge in [-0.3, -0.25) is 0 Å². The molecule has 2 saturated heterocycles. The van der Waals surface area contributed by atoms with Crippen molar-refractivity contribution in [2.75, 3.05) is 39.3 Å². The Bertz CT molecular complexity index is 179. The molecule has 0 saturated carbocycles. The molecular formula is C14H28N2. The fourth-order valence-electron chi connectivity index (χ4n) is 3.08. The highest BCUT2D eigenvalue weighted by molar-refractivity contribution is 4.73. The van der Waals surface area contributed by atoms with Gasteiger partial charge < -0.3 is 9.80 Å². The highest BCUT2D eigenvalue weighted by Crippen LogP contribution is 2.19. The average Bonchev–Trinajstić information content (AvgIpc) is 2.38. The Balaban J connectivity index is 1.59. The highest BCUT2D eigenvalue weighted by Gasteiger charge is 2.18. The monoisotopic (exact) mass is 224 g/mol. The van der Waals surface area contributed by atoms with Gasteiger partial charge in [0.25, 0.3) is 0 Å². The van der Waals surface area contributed by atoms with Crippen LogP contribution in [0.4, 0.5) is 0 Å². The molecule has 2 fully saturated rings. The SMILES string of the molecule is CCC1CCN(CCN2CCCCC2)CC1. The molecule has 2 heterocycles. The third-order valence-electron chi connectivity index (χ3n) is 4.47. The lowest BCUT2D eigenvalue weighted by molar-refractivity contribution is 0.144. The summed E-state index contributed by atoms with van der Waals surface area (Å²) in [5.41, 5.74) is 0. The molecule has 2 heteroatoms. The van der Waals surface area contributed by atoms with E-state index in [1.807, 2.05) is 0 Å². The molecule has 0 radical (unpaired) electrons. The van der Waals surface area contributed by atoms with Crippen LogP contribution in [-0.4, -0.2) is 49.1 Å². The van der Waals surface area contributed by atoms with Crippen LogP contribution in [0.15, 0.2) is 0 Å². The molecule has 2 aliphatic heterocycles. The molecule has 0 bridgehead atoms. The summed E-state index contributed by atoms with van der Waals surface area (Å²) in [6.45, 7) is 10.4. The molecule has 0 aromatic rings. The minimum Gasteiger partial charge on any atom is -0.302 e. The average molecular weight is 224 g/mol. The number of hydrogen-bond donors (Lipinski definition) is 0. The number of likely N-dealkylation sites (tertiary alicyclic amines) is 2. The molecule has 0 spiro atoms. The van der Waals surface area contributed by atoms with E-state index >= 15 is 0 Å². The first kappa shape index (κ1) is 12.4. The molecule has 0 unspecified atom stereocenters. The van der Waals surface area contributed by atoms with Gasteiger partial charge in [0, 0.05) is 13.1 Å². The summed E-state index contributed by atoms with van der Waals surface area (Å²) in [5.74, 6) is 1.02. The summed E-state index contributed by atoms with van der Waals surface area (Å²) >= 11 is 0. The van der Waals surface area contributed by atoms with E-state index in [9.17, 15) is 0 Å². The van der Waals surface area contributed by atoms with Crippen LogP contribution in [0.2, 0.25) is 0 Å². The van der Waals surface area contributed by atoms with Crippen LogP contribution in [0.1, 0.15) is 45.4 Å². The fraction of sp³-hybridized carbons (Fsp3) is 1.00. The van der Waals surface area contributed by atoms with Gasteiger partial charge in [-0.15, -0.1) is 0 Å². The van der Waals surface area contributed by atoms with E-state index in [4.69, 9.17) is 0 Å². The van der Waals surface area contributed by atoms with Gasteiger partial charge in [0.1, 0.15) is 0 Å². The summed E-state index contributed by atoms with van der Waals surface area (Å²) in [6, 6.07) is 0. The van der Waals surface area contributed by atoms with Crippen LogP contribution in [-0.2, 0) is 0 Å². The Morgan fingerprint density at radius 3 is 1.94 bits per heavy atom. The molecule has 0 aromatic heterocycles. The summed E-state index contributed by atoms with van der Waals surface area (Å²) in [4.78, 5) is 5.34. The zero-order valence-electron chi connectivity index (χ0n) is 11.0. The molecule has 2 nitrogen and oxygen atoms in total. The summed E-state index contributed by atoms with van der Waals surface area (Å²) in [6.07, 6.45) is 8.58. The van der Waals surface area contributed by atoms with Crippen molar-refractivity contribution in [3.05, 3.63) is 0 Å². The van der Waals surface area contributed by atoms with Gasteiger partial charge in [0.2, 0.25) is 0 Å². The Hall–Kier alpha value is -0.0800. The van der Waals surface area contributed by atoms with Crippen LogP contribution in [0, 0.1) is 5.92 Å². The molecule has 0 atom stereocenters. The van der Waals surface area contributed by atoms with Gasteiger partial charge in [-0.25, -0.2) is 0 Å². The molecule has 0 aliphatic carbocycles. The fourth-order valence-corrected chi connectivity index (χ4v) is 3.08. The first-order valence-corrected chi connectivity index (χ1v) is 7.33. The molecule has 2 rings (SSSR count). The van der Waals surface area contributed by atoms with Crippen molar-refractivity contribution >= 4 is 0 Å².